The van der Waals surface area contributed by atoms with Gasteiger partial charge in [-0.25, -0.2) is 13.2 Å². The van der Waals surface area contributed by atoms with E-state index in [0.29, 0.717) is 12.1 Å². The number of nitrogens with zero attached hydrogens (tertiary/aromatic N) is 1. The Morgan fingerprint density at radius 1 is 1.22 bits per heavy atom. The number of hydrogen-bond acceptors (Lipinski definition) is 5. The van der Waals surface area contributed by atoms with E-state index < -0.39 is 28.7 Å². The highest BCUT2D eigenvalue weighted by molar-refractivity contribution is 7.92. The molecule has 0 aromatic heterocycles. The Kier molecular flexibility index (Phi) is 7.06. The monoisotopic (exact) mass is 413 g/mol. The van der Waals surface area contributed by atoms with Gasteiger partial charge >= 0.3 is 5.97 Å². The topological polar surface area (TPSA) is 104 Å². The van der Waals surface area contributed by atoms with Gasteiger partial charge in [0.1, 0.15) is 5.75 Å². The van der Waals surface area contributed by atoms with Gasteiger partial charge in [-0.1, -0.05) is 36.7 Å². The summed E-state index contributed by atoms with van der Waals surface area (Å²) in [5.74, 6) is -1.11. The first-order valence-electron chi connectivity index (χ1n) is 8.15. The fraction of sp³-hybridized carbons (Fsp3) is 0.278. The molecule has 2 N–H and O–H groups in total. The van der Waals surface area contributed by atoms with E-state index in [4.69, 9.17) is 21.4 Å². The van der Waals surface area contributed by atoms with Crippen molar-refractivity contribution in [2.45, 2.75) is 24.3 Å². The van der Waals surface area contributed by atoms with E-state index in [1.54, 1.807) is 37.3 Å². The van der Waals surface area contributed by atoms with Crippen LogP contribution >= 0.6 is 11.6 Å². The molecule has 2 rings (SSSR count). The van der Waals surface area contributed by atoms with Crippen molar-refractivity contribution in [3.05, 3.63) is 53.6 Å². The van der Waals surface area contributed by atoms with Crippen LogP contribution in [0.15, 0.2) is 53.4 Å². The van der Waals surface area contributed by atoms with Gasteiger partial charge in [-0.2, -0.15) is 0 Å². The fourth-order valence-electron chi connectivity index (χ4n) is 2.28. The molecule has 1 atom stereocenters. The summed E-state index contributed by atoms with van der Waals surface area (Å²) >= 11 is 6.05. The number of para-hydroxylation sites is 1. The fourth-order valence-corrected chi connectivity index (χ4v) is 4.11. The van der Waals surface area contributed by atoms with Crippen LogP contribution < -0.4 is 9.04 Å². The second kappa shape index (κ2) is 9.07. The number of carboxylic acids is 1. The van der Waals surface area contributed by atoms with E-state index in [1.165, 1.54) is 18.2 Å². The highest BCUT2D eigenvalue weighted by Gasteiger charge is 2.27. The largest absolute Gasteiger partial charge is 0.480 e. The van der Waals surface area contributed by atoms with Crippen molar-refractivity contribution in [2.75, 3.05) is 17.5 Å². The molecule has 0 heterocycles. The molecule has 2 aromatic rings. The zero-order valence-corrected chi connectivity index (χ0v) is 16.2. The zero-order valence-electron chi connectivity index (χ0n) is 14.6. The minimum absolute atomic E-state index is 0.0265. The number of ether oxygens (including phenoxy) is 1. The lowest BCUT2D eigenvalue weighted by molar-refractivity contribution is -0.139. The minimum atomic E-state index is -4.01. The van der Waals surface area contributed by atoms with E-state index in [-0.39, 0.29) is 22.2 Å². The Balaban J connectivity index is 2.40. The van der Waals surface area contributed by atoms with Crippen LogP contribution in [0.5, 0.6) is 5.75 Å². The molecule has 27 heavy (non-hydrogen) atoms. The first-order chi connectivity index (χ1) is 12.8. The molecule has 0 spiro atoms. The van der Waals surface area contributed by atoms with Gasteiger partial charge in [0.15, 0.2) is 6.61 Å². The van der Waals surface area contributed by atoms with Crippen LogP contribution in [0.1, 0.15) is 13.3 Å². The third-order valence-electron chi connectivity index (χ3n) is 3.73. The van der Waals surface area contributed by atoms with Crippen molar-refractivity contribution in [2.24, 2.45) is 0 Å². The van der Waals surface area contributed by atoms with Gasteiger partial charge in [-0.05, 0) is 36.8 Å². The summed E-state index contributed by atoms with van der Waals surface area (Å²) in [5, 5.41) is 18.6. The van der Waals surface area contributed by atoms with Gasteiger partial charge in [0.25, 0.3) is 10.0 Å². The molecule has 0 saturated carbocycles. The van der Waals surface area contributed by atoms with Crippen LogP contribution in [0, 0.1) is 0 Å². The third-order valence-corrected chi connectivity index (χ3v) is 5.82. The summed E-state index contributed by atoms with van der Waals surface area (Å²) in [4.78, 5) is 10.5. The summed E-state index contributed by atoms with van der Waals surface area (Å²) < 4.78 is 32.4. The predicted molar refractivity (Wildman–Crippen MR) is 102 cm³/mol. The quantitative estimate of drug-likeness (QED) is 0.655. The molecule has 0 fully saturated rings. The minimum Gasteiger partial charge on any atom is -0.480 e. The second-order valence-corrected chi connectivity index (χ2v) is 7.98. The van der Waals surface area contributed by atoms with Crippen LogP contribution in [-0.2, 0) is 14.8 Å². The number of halogens is 1. The van der Waals surface area contributed by atoms with E-state index in [0.717, 1.165) is 4.31 Å². The third kappa shape index (κ3) is 5.35. The van der Waals surface area contributed by atoms with Crippen LogP contribution in [0.3, 0.4) is 0 Å². The number of aliphatic hydroxyl groups is 1. The number of rotatable bonds is 9. The molecule has 7 nitrogen and oxygen atoms in total. The smallest absolute Gasteiger partial charge is 0.341 e. The number of carboxylic acid groups (broad SMARTS) is 1. The number of sulfonamides is 1. The molecule has 0 bridgehead atoms. The number of aliphatic hydroxyl groups excluding tert-OH is 1. The summed E-state index contributed by atoms with van der Waals surface area (Å²) in [7, 11) is -4.01. The van der Waals surface area contributed by atoms with Gasteiger partial charge in [-0.3, -0.25) is 4.31 Å². The highest BCUT2D eigenvalue weighted by atomic mass is 35.5. The lowest BCUT2D eigenvalue weighted by atomic mass is 10.2. The maximum Gasteiger partial charge on any atom is 0.341 e. The standard InChI is InChI=1S/C18H20ClNO6S/c1-2-14(21)11-20(13-6-4-3-5-7-13)27(24,25)15-8-9-17(16(19)10-15)26-12-18(22)23/h3-10,14,21H,2,11-12H2,1H3,(H,22,23). The number of hydrogen-bond donors (Lipinski definition) is 2. The summed E-state index contributed by atoms with van der Waals surface area (Å²) in [6.45, 7) is 1.05. The van der Waals surface area contributed by atoms with E-state index in [9.17, 15) is 18.3 Å². The van der Waals surface area contributed by atoms with Crippen molar-refractivity contribution in [1.82, 2.24) is 0 Å². The van der Waals surface area contributed by atoms with Gasteiger partial charge in [0.2, 0.25) is 0 Å². The molecule has 0 amide bonds. The summed E-state index contributed by atoms with van der Waals surface area (Å²) in [6, 6.07) is 12.2. The average molecular weight is 414 g/mol. The molecule has 0 radical (unpaired) electrons. The van der Waals surface area contributed by atoms with Crippen LogP contribution in [-0.4, -0.2) is 43.9 Å². The number of aliphatic carboxylic acids is 1. The van der Waals surface area contributed by atoms with Crippen molar-refractivity contribution in [3.63, 3.8) is 0 Å². The van der Waals surface area contributed by atoms with Crippen LogP contribution in [0.2, 0.25) is 5.02 Å². The van der Waals surface area contributed by atoms with Crippen molar-refractivity contribution >= 4 is 33.3 Å². The van der Waals surface area contributed by atoms with E-state index in [1.807, 2.05) is 0 Å². The lowest BCUT2D eigenvalue weighted by Gasteiger charge is -2.26. The second-order valence-electron chi connectivity index (χ2n) is 5.71. The summed E-state index contributed by atoms with van der Waals surface area (Å²) in [6.07, 6.45) is -0.449. The Hall–Kier alpha value is -2.29. The Morgan fingerprint density at radius 3 is 2.44 bits per heavy atom. The number of anilines is 1. The number of carbonyl (C=O) groups is 1. The normalized spacial score (nSPS) is 12.4. The van der Waals surface area contributed by atoms with Gasteiger partial charge in [0, 0.05) is 0 Å². The highest BCUT2D eigenvalue weighted by Crippen LogP contribution is 2.30. The molecule has 0 saturated heterocycles. The molecule has 9 heteroatoms. The average Bonchev–Trinajstić information content (AvgIpc) is 2.65. The lowest BCUT2D eigenvalue weighted by Crippen LogP contribution is -2.37. The van der Waals surface area contributed by atoms with Gasteiger partial charge < -0.3 is 14.9 Å². The predicted octanol–water partition coefficient (Wildman–Crippen LogP) is 2.77. The molecule has 0 aliphatic rings. The SMILES string of the molecule is CCC(O)CN(c1ccccc1)S(=O)(=O)c1ccc(OCC(=O)O)c(Cl)c1. The van der Waals surface area contributed by atoms with Gasteiger partial charge in [0.05, 0.1) is 28.3 Å². The van der Waals surface area contributed by atoms with Crippen molar-refractivity contribution in [3.8, 4) is 5.75 Å². The van der Waals surface area contributed by atoms with Gasteiger partial charge in [-0.15, -0.1) is 0 Å². The molecule has 0 aliphatic carbocycles. The maximum absolute atomic E-state index is 13.1. The number of benzene rings is 2. The summed E-state index contributed by atoms with van der Waals surface area (Å²) in [5.41, 5.74) is 0.410. The van der Waals surface area contributed by atoms with Crippen molar-refractivity contribution in [1.29, 1.82) is 0 Å². The molecule has 0 aliphatic heterocycles. The first-order valence-corrected chi connectivity index (χ1v) is 9.97. The van der Waals surface area contributed by atoms with E-state index >= 15 is 0 Å². The maximum atomic E-state index is 13.1. The van der Waals surface area contributed by atoms with Crippen molar-refractivity contribution < 1.29 is 28.2 Å². The molecule has 1 unspecified atom stereocenters. The Bertz CT molecular complexity index is 888. The molecular formula is C18H20ClNO6S. The first kappa shape index (κ1) is 21.0. The molecule has 2 aromatic carbocycles. The van der Waals surface area contributed by atoms with E-state index in [2.05, 4.69) is 0 Å². The Labute approximate surface area is 162 Å². The zero-order chi connectivity index (χ0) is 20.0. The Morgan fingerprint density at radius 2 is 1.89 bits per heavy atom. The van der Waals surface area contributed by atoms with Crippen LogP contribution in [0.4, 0.5) is 5.69 Å². The molecular weight excluding hydrogens is 394 g/mol. The molecule has 146 valence electrons. The van der Waals surface area contributed by atoms with Crippen LogP contribution in [0.25, 0.3) is 0 Å².